The fraction of sp³-hybridized carbons (Fsp3) is 0.105. The summed E-state index contributed by atoms with van der Waals surface area (Å²) in [6, 6.07) is 20.2. The van der Waals surface area contributed by atoms with E-state index in [0.717, 1.165) is 21.2 Å². The lowest BCUT2D eigenvalue weighted by atomic mass is 9.99. The third kappa shape index (κ3) is 3.06. The Morgan fingerprint density at radius 1 is 0.952 bits per heavy atom. The van der Waals surface area contributed by atoms with Crippen LogP contribution in [0.1, 0.15) is 21.5 Å². The maximum atomic E-state index is 12.5. The number of halogens is 1. The fourth-order valence-corrected chi connectivity index (χ4v) is 3.19. The van der Waals surface area contributed by atoms with E-state index in [0.29, 0.717) is 6.42 Å². The highest BCUT2D eigenvalue weighted by Crippen LogP contribution is 2.22. The molecule has 0 N–H and O–H groups in total. The number of carbonyl (C=O) groups excluding carboxylic acids is 1. The number of benzene rings is 3. The highest BCUT2D eigenvalue weighted by Gasteiger charge is 2.11. The van der Waals surface area contributed by atoms with Gasteiger partial charge in [0.05, 0.1) is 0 Å². The standard InChI is InChI=1S/C19H15BrO/c1-13-6-9-17(18(20)10-13)19(21)12-14-7-8-15-4-2-3-5-16(15)11-14/h2-11H,12H2,1H3. The summed E-state index contributed by atoms with van der Waals surface area (Å²) < 4.78 is 0.869. The van der Waals surface area contributed by atoms with Crippen molar-refractivity contribution in [2.45, 2.75) is 13.3 Å². The monoisotopic (exact) mass is 338 g/mol. The summed E-state index contributed by atoms with van der Waals surface area (Å²) in [4.78, 5) is 12.5. The molecule has 0 radical (unpaired) electrons. The molecule has 0 aliphatic rings. The average molecular weight is 339 g/mol. The Hall–Kier alpha value is -1.93. The van der Waals surface area contributed by atoms with Gasteiger partial charge in [-0.15, -0.1) is 0 Å². The van der Waals surface area contributed by atoms with Crippen molar-refractivity contribution in [3.05, 3.63) is 81.8 Å². The molecule has 0 heterocycles. The van der Waals surface area contributed by atoms with Gasteiger partial charge in [0.15, 0.2) is 5.78 Å². The number of aryl methyl sites for hydroxylation is 1. The number of carbonyl (C=O) groups is 1. The zero-order valence-electron chi connectivity index (χ0n) is 11.8. The van der Waals surface area contributed by atoms with Gasteiger partial charge in [-0.3, -0.25) is 4.79 Å². The Kier molecular flexibility index (Phi) is 3.89. The zero-order chi connectivity index (χ0) is 14.8. The van der Waals surface area contributed by atoms with Crippen LogP contribution in [-0.2, 0) is 6.42 Å². The van der Waals surface area contributed by atoms with Crippen molar-refractivity contribution >= 4 is 32.5 Å². The quantitative estimate of drug-likeness (QED) is 0.589. The van der Waals surface area contributed by atoms with Crippen LogP contribution in [0, 0.1) is 6.92 Å². The van der Waals surface area contributed by atoms with Crippen molar-refractivity contribution in [1.29, 1.82) is 0 Å². The van der Waals surface area contributed by atoms with Crippen molar-refractivity contribution in [1.82, 2.24) is 0 Å². The minimum atomic E-state index is 0.136. The summed E-state index contributed by atoms with van der Waals surface area (Å²) in [6.07, 6.45) is 0.423. The predicted octanol–water partition coefficient (Wildman–Crippen LogP) is 5.34. The second-order valence-corrected chi connectivity index (χ2v) is 6.12. The molecule has 0 fully saturated rings. The van der Waals surface area contributed by atoms with Crippen molar-refractivity contribution < 1.29 is 4.79 Å². The first kappa shape index (κ1) is 14.0. The van der Waals surface area contributed by atoms with Gasteiger partial charge < -0.3 is 0 Å². The van der Waals surface area contributed by atoms with Gasteiger partial charge in [-0.25, -0.2) is 0 Å². The molecular formula is C19H15BrO. The number of fused-ring (bicyclic) bond motifs is 1. The first-order valence-electron chi connectivity index (χ1n) is 6.90. The maximum Gasteiger partial charge on any atom is 0.168 e. The summed E-state index contributed by atoms with van der Waals surface area (Å²) in [5.74, 6) is 0.136. The molecule has 0 saturated carbocycles. The predicted molar refractivity (Wildman–Crippen MR) is 90.9 cm³/mol. The van der Waals surface area contributed by atoms with Crippen molar-refractivity contribution in [2.24, 2.45) is 0 Å². The molecule has 0 aliphatic heterocycles. The number of rotatable bonds is 3. The zero-order valence-corrected chi connectivity index (χ0v) is 13.4. The van der Waals surface area contributed by atoms with Gasteiger partial charge in [-0.1, -0.05) is 64.5 Å². The van der Waals surface area contributed by atoms with E-state index < -0.39 is 0 Å². The van der Waals surface area contributed by atoms with Gasteiger partial charge in [0, 0.05) is 16.5 Å². The van der Waals surface area contributed by atoms with Crippen molar-refractivity contribution in [3.8, 4) is 0 Å². The Labute approximate surface area is 132 Å². The van der Waals surface area contributed by atoms with Crippen LogP contribution in [0.25, 0.3) is 10.8 Å². The second-order valence-electron chi connectivity index (χ2n) is 5.26. The first-order valence-corrected chi connectivity index (χ1v) is 7.70. The van der Waals surface area contributed by atoms with E-state index in [2.05, 4.69) is 40.2 Å². The molecule has 0 aromatic heterocycles. The largest absolute Gasteiger partial charge is 0.294 e. The van der Waals surface area contributed by atoms with E-state index in [1.54, 1.807) is 0 Å². The smallest absolute Gasteiger partial charge is 0.168 e. The molecule has 104 valence electrons. The van der Waals surface area contributed by atoms with Gasteiger partial charge in [0.2, 0.25) is 0 Å². The molecule has 0 spiro atoms. The number of hydrogen-bond acceptors (Lipinski definition) is 1. The van der Waals surface area contributed by atoms with Crippen LogP contribution in [-0.4, -0.2) is 5.78 Å². The molecule has 21 heavy (non-hydrogen) atoms. The Morgan fingerprint density at radius 3 is 2.48 bits per heavy atom. The highest BCUT2D eigenvalue weighted by molar-refractivity contribution is 9.10. The van der Waals surface area contributed by atoms with Gasteiger partial charge in [-0.2, -0.15) is 0 Å². The van der Waals surface area contributed by atoms with Crippen LogP contribution in [0.2, 0.25) is 0 Å². The van der Waals surface area contributed by atoms with Crippen LogP contribution >= 0.6 is 15.9 Å². The fourth-order valence-electron chi connectivity index (χ4n) is 2.48. The van der Waals surface area contributed by atoms with Crippen molar-refractivity contribution in [2.75, 3.05) is 0 Å². The molecule has 2 heteroatoms. The second kappa shape index (κ2) is 5.82. The van der Waals surface area contributed by atoms with Gasteiger partial charge in [0.25, 0.3) is 0 Å². The molecule has 0 saturated heterocycles. The molecule has 3 rings (SSSR count). The number of ketones is 1. The summed E-state index contributed by atoms with van der Waals surface area (Å²) in [7, 11) is 0. The number of Topliss-reactive ketones (excluding diaryl/α,β-unsaturated/α-hetero) is 1. The SMILES string of the molecule is Cc1ccc(C(=O)Cc2ccc3ccccc3c2)c(Br)c1. The van der Waals surface area contributed by atoms with Crippen LogP contribution < -0.4 is 0 Å². The molecule has 1 nitrogen and oxygen atoms in total. The van der Waals surface area contributed by atoms with E-state index in [1.807, 2.05) is 43.3 Å². The van der Waals surface area contributed by atoms with Gasteiger partial charge in [0.1, 0.15) is 0 Å². The van der Waals surface area contributed by atoms with E-state index in [-0.39, 0.29) is 5.78 Å². The topological polar surface area (TPSA) is 17.1 Å². The first-order chi connectivity index (χ1) is 10.1. The van der Waals surface area contributed by atoms with Gasteiger partial charge >= 0.3 is 0 Å². The Bertz CT molecular complexity index is 821. The van der Waals surface area contributed by atoms with Crippen LogP contribution in [0.4, 0.5) is 0 Å². The summed E-state index contributed by atoms with van der Waals surface area (Å²) in [5.41, 5.74) is 2.93. The molecule has 0 amide bonds. The third-order valence-corrected chi connectivity index (χ3v) is 4.26. The minimum absolute atomic E-state index is 0.136. The summed E-state index contributed by atoms with van der Waals surface area (Å²) in [5, 5.41) is 2.37. The average Bonchev–Trinajstić information content (AvgIpc) is 2.47. The van der Waals surface area contributed by atoms with E-state index in [1.165, 1.54) is 10.8 Å². The third-order valence-electron chi connectivity index (χ3n) is 3.60. The Morgan fingerprint density at radius 2 is 1.71 bits per heavy atom. The summed E-state index contributed by atoms with van der Waals surface area (Å²) in [6.45, 7) is 2.02. The van der Waals surface area contributed by atoms with Crippen LogP contribution in [0.5, 0.6) is 0 Å². The molecular weight excluding hydrogens is 324 g/mol. The van der Waals surface area contributed by atoms with E-state index in [9.17, 15) is 4.79 Å². The van der Waals surface area contributed by atoms with Crippen LogP contribution in [0.3, 0.4) is 0 Å². The maximum absolute atomic E-state index is 12.5. The minimum Gasteiger partial charge on any atom is -0.294 e. The van der Waals surface area contributed by atoms with E-state index in [4.69, 9.17) is 0 Å². The molecule has 0 atom stereocenters. The molecule has 0 unspecified atom stereocenters. The lowest BCUT2D eigenvalue weighted by Gasteiger charge is -2.06. The molecule has 3 aromatic carbocycles. The normalized spacial score (nSPS) is 10.8. The lowest BCUT2D eigenvalue weighted by molar-refractivity contribution is 0.0992. The van der Waals surface area contributed by atoms with E-state index >= 15 is 0 Å². The molecule has 0 aliphatic carbocycles. The molecule has 3 aromatic rings. The molecule has 0 bridgehead atoms. The lowest BCUT2D eigenvalue weighted by Crippen LogP contribution is -2.04. The number of hydrogen-bond donors (Lipinski definition) is 0. The van der Waals surface area contributed by atoms with Crippen LogP contribution in [0.15, 0.2) is 65.1 Å². The highest BCUT2D eigenvalue weighted by atomic mass is 79.9. The Balaban J connectivity index is 1.89. The van der Waals surface area contributed by atoms with Crippen molar-refractivity contribution in [3.63, 3.8) is 0 Å². The summed E-state index contributed by atoms with van der Waals surface area (Å²) >= 11 is 3.48. The van der Waals surface area contributed by atoms with Gasteiger partial charge in [-0.05, 0) is 41.0 Å².